The molecule has 5 heteroatoms. The van der Waals surface area contributed by atoms with Gasteiger partial charge in [-0.1, -0.05) is 24.0 Å². The molecule has 0 spiro atoms. The lowest BCUT2D eigenvalue weighted by molar-refractivity contribution is -0.120. The summed E-state index contributed by atoms with van der Waals surface area (Å²) in [6, 6.07) is 12.9. The van der Waals surface area contributed by atoms with E-state index in [1.54, 1.807) is 36.4 Å². The lowest BCUT2D eigenvalue weighted by Crippen LogP contribution is -2.25. The van der Waals surface area contributed by atoms with Crippen LogP contribution in [-0.4, -0.2) is 18.4 Å². The second kappa shape index (κ2) is 8.49. The van der Waals surface area contributed by atoms with E-state index < -0.39 is 0 Å². The Morgan fingerprint density at radius 3 is 2.33 bits per heavy atom. The molecular weight excluding hydrogens is 307 g/mol. The summed E-state index contributed by atoms with van der Waals surface area (Å²) in [5.74, 6) is 5.16. The van der Waals surface area contributed by atoms with E-state index >= 15 is 0 Å². The van der Waals surface area contributed by atoms with Crippen LogP contribution in [0.25, 0.3) is 0 Å². The molecule has 0 heterocycles. The van der Waals surface area contributed by atoms with Crippen LogP contribution in [0.15, 0.2) is 48.5 Å². The van der Waals surface area contributed by atoms with Crippen LogP contribution in [-0.2, 0) is 16.0 Å². The van der Waals surface area contributed by atoms with Gasteiger partial charge in [0.1, 0.15) is 5.82 Å². The molecule has 0 saturated carbocycles. The zero-order valence-electron chi connectivity index (χ0n) is 13.2. The SMILES string of the molecule is CC(=O)Nc1ccc(C#CCNC(=O)Cc2ccc(F)cc2)cc1. The van der Waals surface area contributed by atoms with E-state index in [-0.39, 0.29) is 30.6 Å². The molecule has 0 radical (unpaired) electrons. The van der Waals surface area contributed by atoms with Crippen molar-refractivity contribution in [2.45, 2.75) is 13.3 Å². The van der Waals surface area contributed by atoms with E-state index in [9.17, 15) is 14.0 Å². The Labute approximate surface area is 140 Å². The maximum atomic E-state index is 12.8. The summed E-state index contributed by atoms with van der Waals surface area (Å²) in [4.78, 5) is 22.7. The minimum absolute atomic E-state index is 0.127. The van der Waals surface area contributed by atoms with Crippen molar-refractivity contribution in [1.82, 2.24) is 5.32 Å². The van der Waals surface area contributed by atoms with Crippen molar-refractivity contribution in [2.75, 3.05) is 11.9 Å². The Hall–Kier alpha value is -3.13. The smallest absolute Gasteiger partial charge is 0.225 e. The van der Waals surface area contributed by atoms with Gasteiger partial charge in [-0.15, -0.1) is 0 Å². The fourth-order valence-corrected chi connectivity index (χ4v) is 1.98. The number of carbonyl (C=O) groups excluding carboxylic acids is 2. The molecule has 0 aliphatic rings. The standard InChI is InChI=1S/C19H17FN2O2/c1-14(23)22-18-10-6-15(7-11-18)3-2-12-21-19(24)13-16-4-8-17(20)9-5-16/h4-11H,12-13H2,1H3,(H,21,24)(H,22,23). The Kier molecular flexibility index (Phi) is 6.09. The molecule has 0 aliphatic heterocycles. The zero-order valence-corrected chi connectivity index (χ0v) is 13.2. The lowest BCUT2D eigenvalue weighted by atomic mass is 10.1. The van der Waals surface area contributed by atoms with Gasteiger partial charge < -0.3 is 10.6 Å². The molecule has 0 fully saturated rings. The molecule has 2 amide bonds. The van der Waals surface area contributed by atoms with E-state index in [2.05, 4.69) is 22.5 Å². The van der Waals surface area contributed by atoms with Crippen molar-refractivity contribution in [3.8, 4) is 11.8 Å². The summed E-state index contributed by atoms with van der Waals surface area (Å²) >= 11 is 0. The minimum atomic E-state index is -0.324. The van der Waals surface area contributed by atoms with Gasteiger partial charge in [0.05, 0.1) is 13.0 Å². The number of anilines is 1. The van der Waals surface area contributed by atoms with Gasteiger partial charge >= 0.3 is 0 Å². The summed E-state index contributed by atoms with van der Waals surface area (Å²) in [5, 5.41) is 5.36. The number of hydrogen-bond donors (Lipinski definition) is 2. The number of halogens is 1. The normalized spacial score (nSPS) is 9.58. The second-order valence-corrected chi connectivity index (χ2v) is 5.14. The number of nitrogens with one attached hydrogen (secondary N) is 2. The second-order valence-electron chi connectivity index (χ2n) is 5.14. The average molecular weight is 324 g/mol. The van der Waals surface area contributed by atoms with Gasteiger partial charge in [0, 0.05) is 18.2 Å². The first-order valence-electron chi connectivity index (χ1n) is 7.40. The average Bonchev–Trinajstić information content (AvgIpc) is 2.55. The minimum Gasteiger partial charge on any atom is -0.345 e. The van der Waals surface area contributed by atoms with Crippen molar-refractivity contribution in [3.63, 3.8) is 0 Å². The molecule has 0 bridgehead atoms. The highest BCUT2D eigenvalue weighted by atomic mass is 19.1. The molecule has 24 heavy (non-hydrogen) atoms. The number of amides is 2. The number of benzene rings is 2. The monoisotopic (exact) mass is 324 g/mol. The maximum absolute atomic E-state index is 12.8. The quantitative estimate of drug-likeness (QED) is 0.849. The van der Waals surface area contributed by atoms with Gasteiger partial charge in [-0.25, -0.2) is 4.39 Å². The third-order valence-corrected chi connectivity index (χ3v) is 3.09. The summed E-state index contributed by atoms with van der Waals surface area (Å²) in [6.07, 6.45) is 0.188. The van der Waals surface area contributed by atoms with E-state index in [1.165, 1.54) is 19.1 Å². The molecule has 0 unspecified atom stereocenters. The highest BCUT2D eigenvalue weighted by molar-refractivity contribution is 5.88. The van der Waals surface area contributed by atoms with Gasteiger partial charge in [-0.2, -0.15) is 0 Å². The van der Waals surface area contributed by atoms with Gasteiger partial charge in [-0.3, -0.25) is 9.59 Å². The summed E-state index contributed by atoms with van der Waals surface area (Å²) in [7, 11) is 0. The maximum Gasteiger partial charge on any atom is 0.225 e. The third kappa shape index (κ3) is 5.93. The van der Waals surface area contributed by atoms with Crippen molar-refractivity contribution in [1.29, 1.82) is 0 Å². The fourth-order valence-electron chi connectivity index (χ4n) is 1.98. The lowest BCUT2D eigenvalue weighted by Gasteiger charge is -2.02. The Bertz CT molecular complexity index is 772. The van der Waals surface area contributed by atoms with Gasteiger partial charge in [0.15, 0.2) is 0 Å². The molecule has 2 aromatic rings. The van der Waals surface area contributed by atoms with Crippen LogP contribution in [0.4, 0.5) is 10.1 Å². The fraction of sp³-hybridized carbons (Fsp3) is 0.158. The summed E-state index contributed by atoms with van der Waals surface area (Å²) in [6.45, 7) is 1.68. The molecule has 0 aliphatic carbocycles. The van der Waals surface area contributed by atoms with Crippen LogP contribution in [0.5, 0.6) is 0 Å². The first-order valence-corrected chi connectivity index (χ1v) is 7.40. The van der Waals surface area contributed by atoms with E-state index in [0.717, 1.165) is 11.1 Å². The van der Waals surface area contributed by atoms with Crippen molar-refractivity contribution < 1.29 is 14.0 Å². The number of carbonyl (C=O) groups is 2. The number of rotatable bonds is 4. The number of hydrogen-bond acceptors (Lipinski definition) is 2. The van der Waals surface area contributed by atoms with E-state index in [4.69, 9.17) is 0 Å². The van der Waals surface area contributed by atoms with Gasteiger partial charge in [-0.05, 0) is 42.0 Å². The van der Waals surface area contributed by atoms with Crippen molar-refractivity contribution >= 4 is 17.5 Å². The van der Waals surface area contributed by atoms with Crippen LogP contribution in [0.2, 0.25) is 0 Å². The zero-order chi connectivity index (χ0) is 17.4. The van der Waals surface area contributed by atoms with Crippen LogP contribution in [0.1, 0.15) is 18.1 Å². The van der Waals surface area contributed by atoms with E-state index in [1.807, 2.05) is 0 Å². The van der Waals surface area contributed by atoms with Gasteiger partial charge in [0.2, 0.25) is 11.8 Å². The first kappa shape index (κ1) is 17.2. The predicted octanol–water partition coefficient (Wildman–Crippen LogP) is 2.49. The van der Waals surface area contributed by atoms with Gasteiger partial charge in [0.25, 0.3) is 0 Å². The molecule has 0 saturated heterocycles. The van der Waals surface area contributed by atoms with E-state index in [0.29, 0.717) is 5.69 Å². The largest absolute Gasteiger partial charge is 0.345 e. The third-order valence-electron chi connectivity index (χ3n) is 3.09. The predicted molar refractivity (Wildman–Crippen MR) is 90.7 cm³/mol. The topological polar surface area (TPSA) is 58.2 Å². The Morgan fingerprint density at radius 2 is 1.71 bits per heavy atom. The molecule has 2 N–H and O–H groups in total. The summed E-state index contributed by atoms with van der Waals surface area (Å²) in [5.41, 5.74) is 2.24. The van der Waals surface area contributed by atoms with Crippen LogP contribution in [0, 0.1) is 17.7 Å². The molecule has 4 nitrogen and oxygen atoms in total. The Balaban J connectivity index is 1.79. The molecule has 0 atom stereocenters. The van der Waals surface area contributed by atoms with Crippen LogP contribution >= 0.6 is 0 Å². The van der Waals surface area contributed by atoms with Crippen LogP contribution in [0.3, 0.4) is 0 Å². The van der Waals surface area contributed by atoms with Crippen LogP contribution < -0.4 is 10.6 Å². The molecule has 0 aromatic heterocycles. The first-order chi connectivity index (χ1) is 11.5. The molecule has 2 aromatic carbocycles. The van der Waals surface area contributed by atoms with Crippen molar-refractivity contribution in [3.05, 3.63) is 65.5 Å². The molecular formula is C19H17FN2O2. The molecule has 2 rings (SSSR count). The highest BCUT2D eigenvalue weighted by Crippen LogP contribution is 2.08. The Morgan fingerprint density at radius 1 is 1.04 bits per heavy atom. The molecule has 122 valence electrons. The van der Waals surface area contributed by atoms with Crippen molar-refractivity contribution in [2.24, 2.45) is 0 Å². The highest BCUT2D eigenvalue weighted by Gasteiger charge is 2.02. The summed E-state index contributed by atoms with van der Waals surface area (Å²) < 4.78 is 12.8.